The van der Waals surface area contributed by atoms with Crippen molar-refractivity contribution >= 4 is 163 Å². The van der Waals surface area contributed by atoms with Gasteiger partial charge in [0.2, 0.25) is 0 Å². The first-order valence-corrected chi connectivity index (χ1v) is 47.5. The van der Waals surface area contributed by atoms with Crippen molar-refractivity contribution in [3.05, 3.63) is 522 Å². The van der Waals surface area contributed by atoms with E-state index in [1.165, 1.54) is 224 Å². The Kier molecular flexibility index (Phi) is 18.9. The minimum Gasteiger partial charge on any atom is -0.316 e. The topological polar surface area (TPSA) is 29.6 Å². The Morgan fingerprint density at radius 3 is 0.674 bits per heavy atom. The molecule has 0 bridgehead atoms. The first kappa shape index (κ1) is 79.4. The number of rotatable bonds is 11. The number of hydrogen-bond acceptors (Lipinski definition) is 0. The molecule has 644 valence electrons. The Balaban J connectivity index is 0.000000105. The quantitative estimate of drug-likeness (QED) is 0.116. The third kappa shape index (κ3) is 12.9. The van der Waals surface area contributed by atoms with Crippen LogP contribution in [0.5, 0.6) is 0 Å². The number of aromatic nitrogens is 6. The lowest BCUT2D eigenvalue weighted by Gasteiger charge is -2.19. The van der Waals surface area contributed by atoms with Crippen molar-refractivity contribution in [1.82, 2.24) is 27.4 Å². The summed E-state index contributed by atoms with van der Waals surface area (Å²) in [5.41, 5.74) is 30.4. The molecule has 0 atom stereocenters. The average Bonchev–Trinajstić information content (AvgIpc) is 1.53. The van der Waals surface area contributed by atoms with E-state index < -0.39 is 0 Å². The highest BCUT2D eigenvalue weighted by Gasteiger charge is 2.26. The minimum absolute atomic E-state index is 1.15. The summed E-state index contributed by atoms with van der Waals surface area (Å²) in [4.78, 5) is 0. The predicted octanol–water partition coefficient (Wildman–Crippen LogP) is 35.4. The van der Waals surface area contributed by atoms with Gasteiger partial charge < -0.3 is 27.4 Å². The Labute approximate surface area is 796 Å². The van der Waals surface area contributed by atoms with Crippen LogP contribution >= 0.6 is 0 Å². The molecule has 0 aliphatic heterocycles. The molecule has 6 nitrogen and oxygen atoms in total. The first-order chi connectivity index (χ1) is 68.5. The van der Waals surface area contributed by atoms with Crippen LogP contribution in [0.3, 0.4) is 0 Å². The molecule has 0 aliphatic carbocycles. The van der Waals surface area contributed by atoms with Crippen molar-refractivity contribution in [3.8, 4) is 89.8 Å². The third-order valence-corrected chi connectivity index (χ3v) is 28.5. The Hall–Kier alpha value is -18.4. The van der Waals surface area contributed by atoms with E-state index in [0.717, 1.165) is 28.4 Å². The van der Waals surface area contributed by atoms with Gasteiger partial charge in [-0.25, -0.2) is 0 Å². The zero-order valence-corrected chi connectivity index (χ0v) is 75.3. The highest BCUT2D eigenvalue weighted by atomic mass is 15.0. The normalized spacial score (nSPS) is 11.8. The summed E-state index contributed by atoms with van der Waals surface area (Å²) in [6.07, 6.45) is 6.55. The van der Waals surface area contributed by atoms with Crippen molar-refractivity contribution < 1.29 is 0 Å². The van der Waals surface area contributed by atoms with E-state index in [0.29, 0.717) is 0 Å². The van der Waals surface area contributed by atoms with Crippen molar-refractivity contribution in [1.29, 1.82) is 0 Å². The second-order valence-electron chi connectivity index (χ2n) is 36.1. The van der Waals surface area contributed by atoms with Crippen LogP contribution in [0, 0.1) is 0 Å². The molecule has 138 heavy (non-hydrogen) atoms. The summed E-state index contributed by atoms with van der Waals surface area (Å²) in [7, 11) is 0. The fraction of sp³-hybridized carbons (Fsp3) is 0. The molecule has 0 radical (unpaired) electrons. The van der Waals surface area contributed by atoms with Gasteiger partial charge in [-0.15, -0.1) is 0 Å². The van der Waals surface area contributed by atoms with Crippen LogP contribution in [0.1, 0.15) is 0 Å². The number of fused-ring (bicyclic) bond motifs is 18. The number of hydrogen-bond donors (Lipinski definition) is 0. The van der Waals surface area contributed by atoms with Gasteiger partial charge in [-0.2, -0.15) is 0 Å². The van der Waals surface area contributed by atoms with Crippen LogP contribution in [0.2, 0.25) is 0 Å². The molecule has 0 N–H and O–H groups in total. The van der Waals surface area contributed by atoms with E-state index >= 15 is 0 Å². The van der Waals surface area contributed by atoms with Gasteiger partial charge in [0, 0.05) is 106 Å². The molecular formula is C132H86N6. The van der Waals surface area contributed by atoms with Gasteiger partial charge in [0.25, 0.3) is 0 Å². The number of benzene rings is 23. The Bertz CT molecular complexity index is 9680. The summed E-state index contributed by atoms with van der Waals surface area (Å²) in [6.45, 7) is 0. The second-order valence-corrected chi connectivity index (χ2v) is 36.1. The Morgan fingerprint density at radius 2 is 0.348 bits per heavy atom. The van der Waals surface area contributed by atoms with Crippen LogP contribution in [0.4, 0.5) is 0 Å². The van der Waals surface area contributed by atoms with Gasteiger partial charge in [-0.1, -0.05) is 370 Å². The van der Waals surface area contributed by atoms with E-state index in [-0.39, 0.29) is 0 Å². The lowest BCUT2D eigenvalue weighted by Crippen LogP contribution is -1.99. The van der Waals surface area contributed by atoms with Gasteiger partial charge in [0.15, 0.2) is 0 Å². The lowest BCUT2D eigenvalue weighted by molar-refractivity contribution is 1.12. The van der Waals surface area contributed by atoms with Crippen LogP contribution in [-0.4, -0.2) is 27.4 Å². The zero-order valence-electron chi connectivity index (χ0n) is 75.3. The summed E-state index contributed by atoms with van der Waals surface area (Å²) in [6, 6.07) is 183. The van der Waals surface area contributed by atoms with E-state index in [1.807, 2.05) is 0 Å². The van der Waals surface area contributed by atoms with E-state index in [2.05, 4.69) is 550 Å². The van der Waals surface area contributed by atoms with Gasteiger partial charge in [0.1, 0.15) is 0 Å². The molecule has 0 saturated carbocycles. The molecule has 0 unspecified atom stereocenters. The average molecular weight is 1760 g/mol. The second kappa shape index (κ2) is 32.8. The lowest BCUT2D eigenvalue weighted by atomic mass is 9.86. The maximum Gasteiger partial charge on any atom is 0.0619 e. The molecule has 0 spiro atoms. The maximum atomic E-state index is 2.51. The fourth-order valence-electron chi connectivity index (χ4n) is 22.6. The van der Waals surface area contributed by atoms with Crippen molar-refractivity contribution in [3.63, 3.8) is 0 Å². The molecule has 0 fully saturated rings. The zero-order chi connectivity index (χ0) is 90.8. The largest absolute Gasteiger partial charge is 0.316 e. The van der Waals surface area contributed by atoms with Crippen LogP contribution in [-0.2, 0) is 0 Å². The van der Waals surface area contributed by atoms with E-state index in [9.17, 15) is 0 Å². The van der Waals surface area contributed by atoms with Gasteiger partial charge in [-0.3, -0.25) is 0 Å². The van der Waals surface area contributed by atoms with Gasteiger partial charge in [-0.05, 0) is 243 Å². The minimum atomic E-state index is 1.15. The Morgan fingerprint density at radius 1 is 0.116 bits per heavy atom. The van der Waals surface area contributed by atoms with Crippen LogP contribution in [0.25, 0.3) is 253 Å². The highest BCUT2D eigenvalue weighted by Crippen LogP contribution is 2.50. The van der Waals surface area contributed by atoms with Crippen molar-refractivity contribution in [2.24, 2.45) is 0 Å². The van der Waals surface area contributed by atoms with Crippen LogP contribution < -0.4 is 0 Å². The first-order valence-electron chi connectivity index (χ1n) is 47.5. The molecule has 29 rings (SSSR count). The predicted molar refractivity (Wildman–Crippen MR) is 585 cm³/mol. The molecule has 6 aromatic heterocycles. The molecule has 0 aliphatic rings. The molecule has 0 saturated heterocycles. The summed E-state index contributed by atoms with van der Waals surface area (Å²) in [5, 5.41) is 26.4. The molecular weight excluding hydrogens is 1670 g/mol. The van der Waals surface area contributed by atoms with Gasteiger partial charge in [0.05, 0.1) is 55.3 Å². The maximum absolute atomic E-state index is 2.51. The summed E-state index contributed by atoms with van der Waals surface area (Å²) in [5.74, 6) is 0. The monoisotopic (exact) mass is 1750 g/mol. The molecule has 6 heteroatoms. The van der Waals surface area contributed by atoms with Crippen molar-refractivity contribution in [2.45, 2.75) is 0 Å². The van der Waals surface area contributed by atoms with Crippen LogP contribution in [0.15, 0.2) is 522 Å². The standard InChI is InChI=1S/2C46H30N2.C40H26N2/c1-3-14-31(15-4-1)45-37-21-7-9-23-39(37)46(40-24-10-8-22-38(40)45)33-16-13-19-35(28-33)48-42-25-12-11-20-36(42)41-29-32-26-27-47(43(32)30-44(41)48)34-17-5-2-6-18-34;1-3-13-31(14-4-1)45-37-18-7-9-20-39(37)46(40-21-10-8-19-38(40)45)32-23-25-35(26-24-32)48-42-22-12-11-17-36(42)41-29-33-27-28-47(43(33)30-44(41)48)34-15-5-2-6-16-34;1-3-13-27(14-4-1)39-31-18-7-9-20-33(31)40(34-21-10-8-19-32(34)39)42-36-22-12-11-17-30(36)35-25-28-23-24-41(37(28)26-38(35)42)29-15-5-2-6-16-29/h2*1-30H;1-26H. The number of para-hydroxylation sites is 6. The van der Waals surface area contributed by atoms with Crippen molar-refractivity contribution in [2.75, 3.05) is 0 Å². The van der Waals surface area contributed by atoms with E-state index in [4.69, 9.17) is 0 Å². The molecule has 23 aromatic carbocycles. The molecule has 29 aromatic rings. The smallest absolute Gasteiger partial charge is 0.0619 e. The van der Waals surface area contributed by atoms with Gasteiger partial charge >= 0.3 is 0 Å². The summed E-state index contributed by atoms with van der Waals surface area (Å²) < 4.78 is 14.2. The molecule has 0 amide bonds. The number of nitrogens with zero attached hydrogens (tertiary/aromatic N) is 6. The summed E-state index contributed by atoms with van der Waals surface area (Å²) >= 11 is 0. The SMILES string of the molecule is c1ccc(-c2c3ccccc3c(-c3ccc(-n4c5ccccc5c5cc6ccn(-c7ccccc7)c6cc54)cc3)c3ccccc23)cc1.c1ccc(-c2c3ccccc3c(-c3cccc(-n4c5ccccc5c5cc6ccn(-c7ccccc7)c6cc54)c3)c3ccccc23)cc1.c1ccc(-c2c3ccccc3c(-n3c4ccccc4c4cc5ccn(-c6ccccc6)c5cc43)c3ccccc23)cc1. The van der Waals surface area contributed by atoms with E-state index in [1.54, 1.807) is 0 Å². The fourth-order valence-corrected chi connectivity index (χ4v) is 22.6. The highest BCUT2D eigenvalue weighted by molar-refractivity contribution is 6.26. The molecule has 6 heterocycles. The third-order valence-electron chi connectivity index (χ3n) is 28.5.